The van der Waals surface area contributed by atoms with E-state index < -0.39 is 5.97 Å². The normalized spacial score (nSPS) is 9.27. The van der Waals surface area contributed by atoms with Crippen LogP contribution in [0, 0.1) is 0 Å². The van der Waals surface area contributed by atoms with Gasteiger partial charge in [0.15, 0.2) is 0 Å². The third-order valence-corrected chi connectivity index (χ3v) is 1.01. The highest BCUT2D eigenvalue weighted by Gasteiger charge is 2.08. The van der Waals surface area contributed by atoms with Crippen molar-refractivity contribution in [2.45, 2.75) is 26.7 Å². The number of hydrogen-bond acceptors (Lipinski definition) is 4. The summed E-state index contributed by atoms with van der Waals surface area (Å²) < 4.78 is 0. The molecule has 0 amide bonds. The van der Waals surface area contributed by atoms with Gasteiger partial charge in [-0.15, -0.1) is 0 Å². The lowest BCUT2D eigenvalue weighted by molar-refractivity contribution is -0.269. The lowest BCUT2D eigenvalue weighted by atomic mass is 10.2. The van der Waals surface area contributed by atoms with E-state index in [1.807, 2.05) is 0 Å². The molecule has 0 atom stereocenters. The number of hydrogen-bond donors (Lipinski definition) is 0. The Morgan fingerprint density at radius 3 is 2.36 bits per heavy atom. The Hall–Kier alpha value is -0.900. The minimum absolute atomic E-state index is 0.144. The van der Waals surface area contributed by atoms with E-state index in [9.17, 15) is 9.59 Å². The molecule has 64 valence electrons. The molecule has 0 bridgehead atoms. The van der Waals surface area contributed by atoms with Gasteiger partial charge < -0.3 is 0 Å². The Balaban J connectivity index is 3.44. The monoisotopic (exact) mass is 160 g/mol. The molecular formula is C7H12O4. The fraction of sp³-hybridized carbons (Fsp3) is 0.714. The van der Waals surface area contributed by atoms with Gasteiger partial charge in [0.1, 0.15) is 12.2 Å². The van der Waals surface area contributed by atoms with E-state index in [0.29, 0.717) is 13.0 Å². The van der Waals surface area contributed by atoms with Crippen molar-refractivity contribution in [3.05, 3.63) is 0 Å². The molecule has 0 saturated carbocycles. The molecule has 0 fully saturated rings. The van der Waals surface area contributed by atoms with Crippen LogP contribution in [0.2, 0.25) is 0 Å². The molecule has 0 aliphatic heterocycles. The Morgan fingerprint density at radius 2 is 1.91 bits per heavy atom. The zero-order valence-electron chi connectivity index (χ0n) is 6.75. The highest BCUT2D eigenvalue weighted by Crippen LogP contribution is 1.92. The van der Waals surface area contributed by atoms with Crippen LogP contribution in [-0.4, -0.2) is 18.4 Å². The summed E-state index contributed by atoms with van der Waals surface area (Å²) in [6.07, 6.45) is 0.151. The summed E-state index contributed by atoms with van der Waals surface area (Å²) in [6.45, 7) is 3.68. The minimum Gasteiger partial charge on any atom is -0.299 e. The first-order valence-electron chi connectivity index (χ1n) is 3.54. The van der Waals surface area contributed by atoms with Gasteiger partial charge in [-0.25, -0.2) is 4.79 Å². The van der Waals surface area contributed by atoms with Crippen LogP contribution in [0.15, 0.2) is 0 Å². The summed E-state index contributed by atoms with van der Waals surface area (Å²) in [5.41, 5.74) is 0. The molecular weight excluding hydrogens is 148 g/mol. The second-order valence-corrected chi connectivity index (χ2v) is 1.93. The average molecular weight is 160 g/mol. The highest BCUT2D eigenvalue weighted by atomic mass is 17.2. The smallest absolute Gasteiger partial charge is 0.299 e. The van der Waals surface area contributed by atoms with Crippen molar-refractivity contribution in [3.8, 4) is 0 Å². The van der Waals surface area contributed by atoms with E-state index in [2.05, 4.69) is 9.78 Å². The maximum absolute atomic E-state index is 10.6. The summed E-state index contributed by atoms with van der Waals surface area (Å²) in [7, 11) is 0. The van der Waals surface area contributed by atoms with Crippen molar-refractivity contribution in [1.29, 1.82) is 0 Å². The number of rotatable bonds is 5. The van der Waals surface area contributed by atoms with E-state index >= 15 is 0 Å². The van der Waals surface area contributed by atoms with E-state index in [1.54, 1.807) is 13.8 Å². The van der Waals surface area contributed by atoms with Crippen LogP contribution in [0.25, 0.3) is 0 Å². The molecule has 0 aromatic carbocycles. The van der Waals surface area contributed by atoms with Crippen LogP contribution in [0.3, 0.4) is 0 Å². The van der Waals surface area contributed by atoms with E-state index in [0.717, 1.165) is 0 Å². The standard InChI is InChI=1S/C7H12O4/c1-3-6(8)5-7(9)11-10-4-2/h3-5H2,1-2H3. The highest BCUT2D eigenvalue weighted by molar-refractivity contribution is 5.95. The van der Waals surface area contributed by atoms with Gasteiger partial charge in [0.2, 0.25) is 0 Å². The molecule has 0 unspecified atom stereocenters. The van der Waals surface area contributed by atoms with Crippen LogP contribution >= 0.6 is 0 Å². The van der Waals surface area contributed by atoms with E-state index in [4.69, 9.17) is 0 Å². The van der Waals surface area contributed by atoms with Gasteiger partial charge in [-0.2, -0.15) is 4.89 Å². The Labute approximate surface area is 65.4 Å². The van der Waals surface area contributed by atoms with Crippen LogP contribution in [-0.2, 0) is 19.4 Å². The molecule has 0 aliphatic rings. The summed E-state index contributed by atoms with van der Waals surface area (Å²) in [6, 6.07) is 0. The van der Waals surface area contributed by atoms with Gasteiger partial charge >= 0.3 is 5.97 Å². The molecule has 0 aromatic rings. The van der Waals surface area contributed by atoms with Crippen LogP contribution in [0.1, 0.15) is 26.7 Å². The van der Waals surface area contributed by atoms with Crippen LogP contribution < -0.4 is 0 Å². The third-order valence-electron chi connectivity index (χ3n) is 1.01. The second kappa shape index (κ2) is 5.85. The van der Waals surface area contributed by atoms with E-state index in [-0.39, 0.29) is 12.2 Å². The van der Waals surface area contributed by atoms with Gasteiger partial charge in [-0.3, -0.25) is 9.68 Å². The molecule has 0 aromatic heterocycles. The van der Waals surface area contributed by atoms with E-state index in [1.165, 1.54) is 0 Å². The molecule has 0 spiro atoms. The van der Waals surface area contributed by atoms with Crippen molar-refractivity contribution in [2.24, 2.45) is 0 Å². The molecule has 0 aliphatic carbocycles. The molecule has 0 N–H and O–H groups in total. The van der Waals surface area contributed by atoms with Gasteiger partial charge in [-0.05, 0) is 6.92 Å². The quantitative estimate of drug-likeness (QED) is 0.340. The van der Waals surface area contributed by atoms with Crippen molar-refractivity contribution in [1.82, 2.24) is 0 Å². The fourth-order valence-corrected chi connectivity index (χ4v) is 0.440. The Kier molecular flexibility index (Phi) is 5.37. The van der Waals surface area contributed by atoms with Crippen molar-refractivity contribution < 1.29 is 19.4 Å². The largest absolute Gasteiger partial charge is 0.349 e. The van der Waals surface area contributed by atoms with Crippen molar-refractivity contribution in [3.63, 3.8) is 0 Å². The molecule has 0 rings (SSSR count). The molecule has 4 nitrogen and oxygen atoms in total. The third kappa shape index (κ3) is 5.54. The zero-order valence-corrected chi connectivity index (χ0v) is 6.75. The minimum atomic E-state index is -0.626. The summed E-state index contributed by atoms with van der Waals surface area (Å²) >= 11 is 0. The Bertz CT molecular complexity index is 141. The lowest BCUT2D eigenvalue weighted by Gasteiger charge is -1.98. The predicted molar refractivity (Wildman–Crippen MR) is 37.6 cm³/mol. The zero-order chi connectivity index (χ0) is 8.69. The Morgan fingerprint density at radius 1 is 1.27 bits per heavy atom. The molecule has 11 heavy (non-hydrogen) atoms. The molecule has 4 heteroatoms. The van der Waals surface area contributed by atoms with Gasteiger partial charge in [0.25, 0.3) is 0 Å². The van der Waals surface area contributed by atoms with Gasteiger partial charge in [-0.1, -0.05) is 6.92 Å². The number of carbonyl (C=O) groups is 2. The first kappa shape index (κ1) is 10.1. The summed E-state index contributed by atoms with van der Waals surface area (Å²) in [5.74, 6) is -0.770. The number of ketones is 1. The number of Topliss-reactive ketones (excluding diaryl/α,β-unsaturated/α-hetero) is 1. The lowest BCUT2D eigenvalue weighted by Crippen LogP contribution is -2.10. The first-order chi connectivity index (χ1) is 5.20. The molecule has 0 saturated heterocycles. The molecule has 0 radical (unpaired) electrons. The van der Waals surface area contributed by atoms with Gasteiger partial charge in [0, 0.05) is 6.42 Å². The van der Waals surface area contributed by atoms with Crippen molar-refractivity contribution >= 4 is 11.8 Å². The summed E-state index contributed by atoms with van der Waals surface area (Å²) in [5, 5.41) is 0. The maximum atomic E-state index is 10.6. The molecule has 0 heterocycles. The predicted octanol–water partition coefficient (Wildman–Crippen LogP) is 0.850. The topological polar surface area (TPSA) is 52.6 Å². The average Bonchev–Trinajstić information content (AvgIpc) is 2.00. The fourth-order valence-electron chi connectivity index (χ4n) is 0.440. The van der Waals surface area contributed by atoms with Crippen molar-refractivity contribution in [2.75, 3.05) is 6.61 Å². The SMILES string of the molecule is CCOOC(=O)CC(=O)CC. The van der Waals surface area contributed by atoms with Crippen LogP contribution in [0.5, 0.6) is 0 Å². The second-order valence-electron chi connectivity index (χ2n) is 1.93. The first-order valence-corrected chi connectivity index (χ1v) is 3.54. The summed E-state index contributed by atoms with van der Waals surface area (Å²) in [4.78, 5) is 29.8. The van der Waals surface area contributed by atoms with Crippen LogP contribution in [0.4, 0.5) is 0 Å². The number of carbonyl (C=O) groups excluding carboxylic acids is 2. The van der Waals surface area contributed by atoms with Gasteiger partial charge in [0.05, 0.1) is 6.61 Å². The maximum Gasteiger partial charge on any atom is 0.349 e.